The van der Waals surface area contributed by atoms with Gasteiger partial charge in [-0.1, -0.05) is 13.8 Å². The van der Waals surface area contributed by atoms with Crippen LogP contribution in [0.2, 0.25) is 0 Å². The van der Waals surface area contributed by atoms with Crippen molar-refractivity contribution in [2.75, 3.05) is 5.75 Å². The normalized spacial score (nSPS) is 10.9. The highest BCUT2D eigenvalue weighted by molar-refractivity contribution is 7.98. The molecule has 1 amide bonds. The largest absolute Gasteiger partial charge is 0.456 e. The molecule has 5 heteroatoms. The number of carbonyl (C=O) groups is 1. The number of hydrogen-bond donors (Lipinski definition) is 2. The number of hydrogen-bond acceptors (Lipinski definition) is 4. The molecule has 0 unspecified atom stereocenters. The second-order valence-corrected chi connectivity index (χ2v) is 5.51. The quantitative estimate of drug-likeness (QED) is 0.355. The molecule has 0 bridgehead atoms. The van der Waals surface area contributed by atoms with Crippen LogP contribution in [0.15, 0.2) is 10.5 Å². The van der Waals surface area contributed by atoms with Crippen LogP contribution in [0.3, 0.4) is 0 Å². The van der Waals surface area contributed by atoms with Gasteiger partial charge >= 0.3 is 5.91 Å². The second-order valence-electron chi connectivity index (χ2n) is 4.40. The molecule has 1 aromatic rings. The predicted octanol–water partition coefficient (Wildman–Crippen LogP) is 2.47. The molecule has 0 aliphatic heterocycles. The molecule has 0 aromatic carbocycles. The van der Waals surface area contributed by atoms with Crippen molar-refractivity contribution in [1.29, 1.82) is 0 Å². The first kappa shape index (κ1) is 14.1. The zero-order chi connectivity index (χ0) is 12.8. The zero-order valence-corrected chi connectivity index (χ0v) is 11.4. The predicted molar refractivity (Wildman–Crippen MR) is 70.7 cm³/mol. The summed E-state index contributed by atoms with van der Waals surface area (Å²) < 4.78 is 5.34. The summed E-state index contributed by atoms with van der Waals surface area (Å²) in [6, 6.07) is 1.76. The zero-order valence-electron chi connectivity index (χ0n) is 10.6. The van der Waals surface area contributed by atoms with Gasteiger partial charge in [0.2, 0.25) is 0 Å². The van der Waals surface area contributed by atoms with E-state index < -0.39 is 0 Å². The fraction of sp³-hybridized carbons (Fsp3) is 0.583. The Morgan fingerprint density at radius 3 is 2.88 bits per heavy atom. The lowest BCUT2D eigenvalue weighted by Crippen LogP contribution is -2.29. The highest BCUT2D eigenvalue weighted by atomic mass is 32.2. The molecule has 96 valence electrons. The smallest absolute Gasteiger partial charge is 0.300 e. The van der Waals surface area contributed by atoms with E-state index in [1.54, 1.807) is 6.07 Å². The molecule has 0 aliphatic rings. The number of amides is 1. The highest BCUT2D eigenvalue weighted by Crippen LogP contribution is 2.21. The van der Waals surface area contributed by atoms with E-state index in [0.29, 0.717) is 0 Å². The van der Waals surface area contributed by atoms with Crippen LogP contribution in [0.1, 0.15) is 42.1 Å². The maximum absolute atomic E-state index is 11.3. The SMILES string of the molecule is Cc1oc(C(=O)NN)cc1CSCCC(C)C. The van der Waals surface area contributed by atoms with Crippen LogP contribution < -0.4 is 11.3 Å². The van der Waals surface area contributed by atoms with Crippen molar-refractivity contribution in [3.05, 3.63) is 23.2 Å². The molecule has 0 saturated carbocycles. The molecule has 3 N–H and O–H groups in total. The lowest BCUT2D eigenvalue weighted by molar-refractivity contribution is 0.0924. The van der Waals surface area contributed by atoms with Gasteiger partial charge in [-0.3, -0.25) is 10.2 Å². The van der Waals surface area contributed by atoms with Crippen molar-refractivity contribution < 1.29 is 9.21 Å². The van der Waals surface area contributed by atoms with Crippen LogP contribution in [-0.2, 0) is 5.75 Å². The molecule has 0 spiro atoms. The third-order valence-electron chi connectivity index (χ3n) is 2.47. The number of nitrogens with one attached hydrogen (secondary N) is 1. The number of furan rings is 1. The molecule has 1 rings (SSSR count). The van der Waals surface area contributed by atoms with E-state index in [4.69, 9.17) is 10.3 Å². The number of nitrogen functional groups attached to an aromatic ring is 1. The Morgan fingerprint density at radius 2 is 2.29 bits per heavy atom. The van der Waals surface area contributed by atoms with Crippen molar-refractivity contribution >= 4 is 17.7 Å². The number of nitrogens with two attached hydrogens (primary N) is 1. The Hall–Kier alpha value is -0.940. The van der Waals surface area contributed by atoms with Crippen molar-refractivity contribution in [1.82, 2.24) is 5.43 Å². The van der Waals surface area contributed by atoms with Gasteiger partial charge in [0.15, 0.2) is 5.76 Å². The van der Waals surface area contributed by atoms with E-state index in [1.165, 1.54) is 6.42 Å². The van der Waals surface area contributed by atoms with Gasteiger partial charge in [-0.25, -0.2) is 5.84 Å². The lowest BCUT2D eigenvalue weighted by atomic mass is 10.2. The van der Waals surface area contributed by atoms with Crippen LogP contribution in [-0.4, -0.2) is 11.7 Å². The molecule has 1 heterocycles. The summed E-state index contributed by atoms with van der Waals surface area (Å²) in [5, 5.41) is 0. The Labute approximate surface area is 106 Å². The van der Waals surface area contributed by atoms with Crippen molar-refractivity contribution in [3.63, 3.8) is 0 Å². The second kappa shape index (κ2) is 6.71. The summed E-state index contributed by atoms with van der Waals surface area (Å²) in [4.78, 5) is 11.3. The fourth-order valence-corrected chi connectivity index (χ4v) is 2.64. The van der Waals surface area contributed by atoms with Gasteiger partial charge in [-0.2, -0.15) is 11.8 Å². The summed E-state index contributed by atoms with van der Waals surface area (Å²) in [5.74, 6) is 8.47. The van der Waals surface area contributed by atoms with E-state index in [9.17, 15) is 4.79 Å². The Bertz CT molecular complexity index is 375. The Balaban J connectivity index is 2.48. The number of thioether (sulfide) groups is 1. The molecule has 0 saturated heterocycles. The third kappa shape index (κ3) is 4.44. The number of hydrazine groups is 1. The highest BCUT2D eigenvalue weighted by Gasteiger charge is 2.13. The number of carbonyl (C=O) groups excluding carboxylic acids is 1. The summed E-state index contributed by atoms with van der Waals surface area (Å²) in [5.41, 5.74) is 3.13. The monoisotopic (exact) mass is 256 g/mol. The topological polar surface area (TPSA) is 68.3 Å². The minimum absolute atomic E-state index is 0.282. The van der Waals surface area contributed by atoms with E-state index >= 15 is 0 Å². The molecular weight excluding hydrogens is 236 g/mol. The average Bonchev–Trinajstić information content (AvgIpc) is 2.65. The van der Waals surface area contributed by atoms with Crippen molar-refractivity contribution in [2.24, 2.45) is 11.8 Å². The molecule has 0 radical (unpaired) electrons. The van der Waals surface area contributed by atoms with Gasteiger partial charge in [0.25, 0.3) is 0 Å². The maximum atomic E-state index is 11.3. The molecule has 4 nitrogen and oxygen atoms in total. The third-order valence-corrected chi connectivity index (χ3v) is 3.51. The average molecular weight is 256 g/mol. The Kier molecular flexibility index (Phi) is 5.58. The molecular formula is C12H20N2O2S. The van der Waals surface area contributed by atoms with Gasteiger partial charge in [0.05, 0.1) is 0 Å². The first-order valence-corrected chi connectivity index (χ1v) is 6.88. The summed E-state index contributed by atoms with van der Waals surface area (Å²) in [6.45, 7) is 6.30. The summed E-state index contributed by atoms with van der Waals surface area (Å²) in [7, 11) is 0. The van der Waals surface area contributed by atoms with Gasteiger partial charge in [-0.15, -0.1) is 0 Å². The standard InChI is InChI=1S/C12H20N2O2S/c1-8(2)4-5-17-7-10-6-11(12(15)14-13)16-9(10)3/h6,8H,4-5,7,13H2,1-3H3,(H,14,15). The van der Waals surface area contributed by atoms with Crippen molar-refractivity contribution in [3.8, 4) is 0 Å². The van der Waals surface area contributed by atoms with E-state index in [2.05, 4.69) is 19.3 Å². The van der Waals surface area contributed by atoms with E-state index in [0.717, 1.165) is 28.7 Å². The van der Waals surface area contributed by atoms with Crippen LogP contribution in [0.5, 0.6) is 0 Å². The van der Waals surface area contributed by atoms with Crippen LogP contribution in [0.25, 0.3) is 0 Å². The first-order chi connectivity index (χ1) is 8.04. The van der Waals surface area contributed by atoms with Gasteiger partial charge in [0, 0.05) is 11.3 Å². The van der Waals surface area contributed by atoms with Crippen molar-refractivity contribution in [2.45, 2.75) is 32.9 Å². The number of rotatable bonds is 6. The van der Waals surface area contributed by atoms with Crippen LogP contribution in [0.4, 0.5) is 0 Å². The van der Waals surface area contributed by atoms with Gasteiger partial charge in [0.1, 0.15) is 5.76 Å². The van der Waals surface area contributed by atoms with Crippen LogP contribution in [0, 0.1) is 12.8 Å². The minimum Gasteiger partial charge on any atom is -0.456 e. The van der Waals surface area contributed by atoms with Gasteiger partial charge < -0.3 is 4.42 Å². The molecule has 0 fully saturated rings. The molecule has 1 aromatic heterocycles. The molecule has 0 atom stereocenters. The Morgan fingerprint density at radius 1 is 1.59 bits per heavy atom. The van der Waals surface area contributed by atoms with E-state index in [-0.39, 0.29) is 11.7 Å². The maximum Gasteiger partial charge on any atom is 0.300 e. The molecule has 17 heavy (non-hydrogen) atoms. The minimum atomic E-state index is -0.383. The van der Waals surface area contributed by atoms with Gasteiger partial charge in [-0.05, 0) is 31.1 Å². The fourth-order valence-electron chi connectivity index (χ4n) is 1.35. The molecule has 0 aliphatic carbocycles. The summed E-state index contributed by atoms with van der Waals surface area (Å²) in [6.07, 6.45) is 1.21. The lowest BCUT2D eigenvalue weighted by Gasteiger charge is -2.03. The van der Waals surface area contributed by atoms with E-state index in [1.807, 2.05) is 18.7 Å². The summed E-state index contributed by atoms with van der Waals surface area (Å²) >= 11 is 1.86. The number of aryl methyl sites for hydroxylation is 1. The van der Waals surface area contributed by atoms with Crippen LogP contribution >= 0.6 is 11.8 Å². The first-order valence-electron chi connectivity index (χ1n) is 5.72.